The number of ether oxygens (including phenoxy) is 3. The second kappa shape index (κ2) is 15.5. The fourth-order valence-electron chi connectivity index (χ4n) is 5.31. The lowest BCUT2D eigenvalue weighted by Gasteiger charge is -2.35. The Bertz CT molecular complexity index is 1600. The standard InChI is InChI=1S/C36H48FN2O7P/c1-10-44-33(41)35(6,7)38-47(43,39-36(8,9)34(42)45-11-2)22-46-32-18-23(3)30(24(4)25(32)5)21-27-14-17-31(40)28(20-27)19-26-12-15-29(37)16-13-26/h12-18,20,40H,10-11,19,21-22H2,1-9H3,(H2,38,39,43). The third-order valence-corrected chi connectivity index (χ3v) is 10.3. The summed E-state index contributed by atoms with van der Waals surface area (Å²) >= 11 is 0. The lowest BCUT2D eigenvalue weighted by atomic mass is 9.91. The predicted octanol–water partition coefficient (Wildman–Crippen LogP) is 7.03. The monoisotopic (exact) mass is 670 g/mol. The van der Waals surface area contributed by atoms with Crippen LogP contribution in [0.4, 0.5) is 4.39 Å². The largest absolute Gasteiger partial charge is 0.508 e. The van der Waals surface area contributed by atoms with Crippen molar-refractivity contribution in [2.24, 2.45) is 0 Å². The minimum atomic E-state index is -3.81. The average molecular weight is 671 g/mol. The van der Waals surface area contributed by atoms with Crippen LogP contribution < -0.4 is 14.9 Å². The van der Waals surface area contributed by atoms with Gasteiger partial charge in [-0.05, 0) is 132 Å². The number of benzene rings is 3. The normalized spacial score (nSPS) is 12.1. The van der Waals surface area contributed by atoms with Crippen molar-refractivity contribution in [1.29, 1.82) is 0 Å². The molecule has 0 fully saturated rings. The van der Waals surface area contributed by atoms with E-state index in [2.05, 4.69) is 10.2 Å². The Hall–Kier alpha value is -3.72. The highest BCUT2D eigenvalue weighted by molar-refractivity contribution is 7.59. The van der Waals surface area contributed by atoms with E-state index in [9.17, 15) is 23.7 Å². The van der Waals surface area contributed by atoms with Crippen molar-refractivity contribution in [3.63, 3.8) is 0 Å². The molecule has 0 aromatic heterocycles. The topological polar surface area (TPSA) is 123 Å². The Balaban J connectivity index is 1.88. The summed E-state index contributed by atoms with van der Waals surface area (Å²) in [6, 6.07) is 13.6. The van der Waals surface area contributed by atoms with Crippen molar-refractivity contribution in [2.75, 3.05) is 19.6 Å². The van der Waals surface area contributed by atoms with Crippen molar-refractivity contribution in [3.8, 4) is 11.5 Å². The molecule has 0 radical (unpaired) electrons. The van der Waals surface area contributed by atoms with Gasteiger partial charge in [-0.1, -0.05) is 24.3 Å². The molecule has 0 saturated heterocycles. The summed E-state index contributed by atoms with van der Waals surface area (Å²) in [4.78, 5) is 25.4. The highest BCUT2D eigenvalue weighted by Crippen LogP contribution is 2.43. The first-order chi connectivity index (χ1) is 21.9. The lowest BCUT2D eigenvalue weighted by molar-refractivity contribution is -0.149. The van der Waals surface area contributed by atoms with Crippen LogP contribution in [0.3, 0.4) is 0 Å². The molecule has 47 heavy (non-hydrogen) atoms. The van der Waals surface area contributed by atoms with E-state index in [4.69, 9.17) is 14.2 Å². The molecule has 0 spiro atoms. The Morgan fingerprint density at radius 1 is 0.809 bits per heavy atom. The van der Waals surface area contributed by atoms with Gasteiger partial charge < -0.3 is 19.3 Å². The fraction of sp³-hybridized carbons (Fsp3) is 0.444. The van der Waals surface area contributed by atoms with E-state index in [1.54, 1.807) is 59.7 Å². The molecule has 3 aromatic rings. The fourth-order valence-corrected chi connectivity index (χ4v) is 7.80. The molecule has 0 bridgehead atoms. The number of esters is 2. The van der Waals surface area contributed by atoms with Gasteiger partial charge >= 0.3 is 11.9 Å². The minimum Gasteiger partial charge on any atom is -0.508 e. The smallest absolute Gasteiger partial charge is 0.326 e. The maximum atomic E-state index is 14.4. The van der Waals surface area contributed by atoms with E-state index in [-0.39, 0.29) is 31.1 Å². The van der Waals surface area contributed by atoms with Gasteiger partial charge in [0.1, 0.15) is 28.4 Å². The van der Waals surface area contributed by atoms with Crippen LogP contribution in [-0.2, 0) is 36.5 Å². The Labute approximate surface area is 277 Å². The summed E-state index contributed by atoms with van der Waals surface area (Å²) in [5.74, 6) is -0.818. The first kappa shape index (κ1) is 37.7. The van der Waals surface area contributed by atoms with Gasteiger partial charge in [0.2, 0.25) is 7.44 Å². The third kappa shape index (κ3) is 9.89. The van der Waals surface area contributed by atoms with E-state index in [1.165, 1.54) is 12.1 Å². The van der Waals surface area contributed by atoms with E-state index < -0.39 is 30.5 Å². The molecular formula is C36H48FN2O7P. The highest BCUT2D eigenvalue weighted by atomic mass is 31.2. The summed E-state index contributed by atoms with van der Waals surface area (Å²) in [6.07, 6.45) is 0.687. The number of phenolic OH excluding ortho intramolecular Hbond substituents is 1. The number of hydrogen-bond acceptors (Lipinski definition) is 7. The lowest BCUT2D eigenvalue weighted by Crippen LogP contribution is -2.54. The quantitative estimate of drug-likeness (QED) is 0.116. The molecule has 0 atom stereocenters. The summed E-state index contributed by atoms with van der Waals surface area (Å²) < 4.78 is 44.4. The number of hydrogen-bond donors (Lipinski definition) is 3. The van der Waals surface area contributed by atoms with Gasteiger partial charge in [-0.2, -0.15) is 0 Å². The third-order valence-electron chi connectivity index (χ3n) is 7.93. The summed E-state index contributed by atoms with van der Waals surface area (Å²) in [5, 5.41) is 16.3. The second-order valence-corrected chi connectivity index (χ2v) is 15.0. The van der Waals surface area contributed by atoms with Gasteiger partial charge in [0.05, 0.1) is 13.2 Å². The van der Waals surface area contributed by atoms with E-state index in [0.717, 1.165) is 38.9 Å². The van der Waals surface area contributed by atoms with Gasteiger partial charge in [-0.15, -0.1) is 0 Å². The SMILES string of the molecule is CCOC(=O)C(C)(C)NP(=O)(COc1cc(C)c(Cc2ccc(O)c(Cc3ccc(F)cc3)c2)c(C)c1C)NC(C)(C)C(=O)OCC. The molecule has 0 aliphatic rings. The van der Waals surface area contributed by atoms with Crippen LogP contribution in [0, 0.1) is 26.6 Å². The van der Waals surface area contributed by atoms with Crippen molar-refractivity contribution in [1.82, 2.24) is 10.2 Å². The molecule has 0 unspecified atom stereocenters. The molecule has 0 amide bonds. The molecule has 11 heteroatoms. The maximum Gasteiger partial charge on any atom is 0.326 e. The van der Waals surface area contributed by atoms with Crippen LogP contribution in [0.25, 0.3) is 0 Å². The number of carbonyl (C=O) groups excluding carboxylic acids is 2. The molecular weight excluding hydrogens is 622 g/mol. The van der Waals surface area contributed by atoms with Crippen LogP contribution >= 0.6 is 7.44 Å². The molecule has 0 aliphatic carbocycles. The number of phenols is 1. The van der Waals surface area contributed by atoms with Crippen molar-refractivity contribution in [3.05, 3.63) is 93.3 Å². The Morgan fingerprint density at radius 2 is 1.34 bits per heavy atom. The maximum absolute atomic E-state index is 14.4. The number of nitrogens with one attached hydrogen (secondary N) is 2. The summed E-state index contributed by atoms with van der Waals surface area (Å²) in [7, 11) is -3.81. The average Bonchev–Trinajstić information content (AvgIpc) is 2.98. The second-order valence-electron chi connectivity index (χ2n) is 12.8. The van der Waals surface area contributed by atoms with Crippen LogP contribution in [-0.4, -0.2) is 47.7 Å². The van der Waals surface area contributed by atoms with E-state index in [0.29, 0.717) is 18.6 Å². The zero-order chi connectivity index (χ0) is 35.2. The van der Waals surface area contributed by atoms with Crippen LogP contribution in [0.15, 0.2) is 48.5 Å². The number of carbonyl (C=O) groups is 2. The molecule has 0 heterocycles. The van der Waals surface area contributed by atoms with Crippen molar-refractivity contribution in [2.45, 2.75) is 86.2 Å². The van der Waals surface area contributed by atoms with Crippen LogP contribution in [0.2, 0.25) is 0 Å². The van der Waals surface area contributed by atoms with E-state index in [1.807, 2.05) is 39.0 Å². The Morgan fingerprint density at radius 3 is 1.87 bits per heavy atom. The first-order valence-electron chi connectivity index (χ1n) is 15.7. The van der Waals surface area contributed by atoms with E-state index >= 15 is 0 Å². The summed E-state index contributed by atoms with van der Waals surface area (Å²) in [6.45, 7) is 15.8. The zero-order valence-corrected chi connectivity index (χ0v) is 29.8. The molecule has 256 valence electrons. The first-order valence-corrected chi connectivity index (χ1v) is 17.6. The van der Waals surface area contributed by atoms with Gasteiger partial charge in [0, 0.05) is 6.42 Å². The zero-order valence-electron chi connectivity index (χ0n) is 28.9. The predicted molar refractivity (Wildman–Crippen MR) is 182 cm³/mol. The van der Waals surface area contributed by atoms with Gasteiger partial charge in [0.25, 0.3) is 0 Å². The van der Waals surface area contributed by atoms with Crippen molar-refractivity contribution < 1.29 is 37.9 Å². The number of aryl methyl sites for hydroxylation is 1. The molecule has 0 aliphatic heterocycles. The van der Waals surface area contributed by atoms with Gasteiger partial charge in [-0.3, -0.25) is 14.2 Å². The molecule has 9 nitrogen and oxygen atoms in total. The molecule has 3 rings (SSSR count). The molecule has 3 aromatic carbocycles. The number of halogens is 1. The van der Waals surface area contributed by atoms with Crippen LogP contribution in [0.5, 0.6) is 11.5 Å². The highest BCUT2D eigenvalue weighted by Gasteiger charge is 2.43. The minimum absolute atomic E-state index is 0.149. The van der Waals surface area contributed by atoms with Gasteiger partial charge in [-0.25, -0.2) is 14.6 Å². The molecule has 0 saturated carbocycles. The van der Waals surface area contributed by atoms with Crippen molar-refractivity contribution >= 4 is 19.4 Å². The molecule has 3 N–H and O–H groups in total. The number of aromatic hydroxyl groups is 1. The number of rotatable bonds is 15. The summed E-state index contributed by atoms with van der Waals surface area (Å²) in [5.41, 5.74) is 3.77. The van der Waals surface area contributed by atoms with Crippen LogP contribution in [0.1, 0.15) is 80.5 Å². The van der Waals surface area contributed by atoms with Gasteiger partial charge in [0.15, 0.2) is 6.35 Å². The Kier molecular flexibility index (Phi) is 12.4.